The minimum absolute atomic E-state index is 0.133. The Labute approximate surface area is 145 Å². The molecule has 132 valence electrons. The van der Waals surface area contributed by atoms with Gasteiger partial charge in [-0.05, 0) is 31.9 Å². The van der Waals surface area contributed by atoms with E-state index in [2.05, 4.69) is 27.3 Å². The number of carbonyl (C=O) groups excluding carboxylic acids is 1. The van der Waals surface area contributed by atoms with E-state index >= 15 is 0 Å². The van der Waals surface area contributed by atoms with E-state index in [1.165, 1.54) is 12.4 Å². The molecule has 0 fully saturated rings. The highest BCUT2D eigenvalue weighted by Gasteiger charge is 2.18. The number of hydrogen-bond donors (Lipinski definition) is 2. The standard InChI is InChI=1S/C18H22FN5O/c1-4-8-24-18(20-10-21-24)12(3)22-16(25)9-14-11(2)23-17-13(14)6-5-7-15(17)19/h5-7,10,12,23H,4,8-9H2,1-3H3,(H,22,25)/t12-/m1/s1. The molecule has 7 heteroatoms. The summed E-state index contributed by atoms with van der Waals surface area (Å²) in [5, 5.41) is 7.88. The summed E-state index contributed by atoms with van der Waals surface area (Å²) < 4.78 is 15.7. The number of aromatic amines is 1. The molecule has 25 heavy (non-hydrogen) atoms. The van der Waals surface area contributed by atoms with Gasteiger partial charge in [-0.3, -0.25) is 4.79 Å². The highest BCUT2D eigenvalue weighted by atomic mass is 19.1. The van der Waals surface area contributed by atoms with E-state index in [4.69, 9.17) is 0 Å². The van der Waals surface area contributed by atoms with Gasteiger partial charge in [-0.15, -0.1) is 0 Å². The first-order valence-electron chi connectivity index (χ1n) is 8.44. The van der Waals surface area contributed by atoms with Crippen molar-refractivity contribution in [3.63, 3.8) is 0 Å². The highest BCUT2D eigenvalue weighted by Crippen LogP contribution is 2.24. The molecule has 0 saturated heterocycles. The molecule has 0 aliphatic carbocycles. The molecule has 0 bridgehead atoms. The molecule has 1 aromatic carbocycles. The Morgan fingerprint density at radius 3 is 3.00 bits per heavy atom. The van der Waals surface area contributed by atoms with Crippen molar-refractivity contribution in [2.75, 3.05) is 0 Å². The van der Waals surface area contributed by atoms with Crippen LogP contribution in [0.15, 0.2) is 24.5 Å². The summed E-state index contributed by atoms with van der Waals surface area (Å²) >= 11 is 0. The zero-order chi connectivity index (χ0) is 18.0. The molecule has 2 N–H and O–H groups in total. The number of hydrogen-bond acceptors (Lipinski definition) is 3. The van der Waals surface area contributed by atoms with Gasteiger partial charge in [0.1, 0.15) is 18.0 Å². The lowest BCUT2D eigenvalue weighted by Crippen LogP contribution is -2.30. The Kier molecular flexibility index (Phi) is 4.83. The van der Waals surface area contributed by atoms with Crippen molar-refractivity contribution in [1.82, 2.24) is 25.1 Å². The van der Waals surface area contributed by atoms with Gasteiger partial charge in [0, 0.05) is 17.6 Å². The second-order valence-electron chi connectivity index (χ2n) is 6.20. The third-order valence-corrected chi connectivity index (χ3v) is 4.29. The number of aryl methyl sites for hydroxylation is 2. The lowest BCUT2D eigenvalue weighted by molar-refractivity contribution is -0.121. The molecule has 0 saturated carbocycles. The van der Waals surface area contributed by atoms with Gasteiger partial charge in [0.25, 0.3) is 0 Å². The van der Waals surface area contributed by atoms with Crippen LogP contribution in [0.2, 0.25) is 0 Å². The number of H-pyrrole nitrogens is 1. The molecule has 6 nitrogen and oxygen atoms in total. The smallest absolute Gasteiger partial charge is 0.225 e. The number of nitrogens with one attached hydrogen (secondary N) is 2. The van der Waals surface area contributed by atoms with E-state index in [1.807, 2.05) is 19.9 Å². The minimum Gasteiger partial charge on any atom is -0.356 e. The fourth-order valence-electron chi connectivity index (χ4n) is 3.11. The molecule has 0 spiro atoms. The largest absolute Gasteiger partial charge is 0.356 e. The number of benzene rings is 1. The number of rotatable bonds is 6. The summed E-state index contributed by atoms with van der Waals surface area (Å²) in [5.41, 5.74) is 2.06. The maximum Gasteiger partial charge on any atom is 0.225 e. The van der Waals surface area contributed by atoms with Gasteiger partial charge in [0.05, 0.1) is 18.0 Å². The fraction of sp³-hybridized carbons (Fsp3) is 0.389. The molecule has 3 aromatic rings. The number of para-hydroxylation sites is 1. The normalized spacial score (nSPS) is 12.5. The van der Waals surface area contributed by atoms with Crippen LogP contribution in [0, 0.1) is 12.7 Å². The van der Waals surface area contributed by atoms with Crippen molar-refractivity contribution < 1.29 is 9.18 Å². The van der Waals surface area contributed by atoms with E-state index in [1.54, 1.807) is 10.7 Å². The van der Waals surface area contributed by atoms with E-state index in [9.17, 15) is 9.18 Å². The fourth-order valence-corrected chi connectivity index (χ4v) is 3.11. The van der Waals surface area contributed by atoms with Crippen LogP contribution in [0.4, 0.5) is 4.39 Å². The van der Waals surface area contributed by atoms with Gasteiger partial charge in [-0.1, -0.05) is 19.1 Å². The summed E-state index contributed by atoms with van der Waals surface area (Å²) in [7, 11) is 0. The zero-order valence-corrected chi connectivity index (χ0v) is 14.6. The lowest BCUT2D eigenvalue weighted by Gasteiger charge is -2.14. The first-order chi connectivity index (χ1) is 12.0. The summed E-state index contributed by atoms with van der Waals surface area (Å²) in [6.45, 7) is 6.56. The average Bonchev–Trinajstić information content (AvgIpc) is 3.14. The summed E-state index contributed by atoms with van der Waals surface area (Å²) in [4.78, 5) is 19.8. The number of halogens is 1. The Balaban J connectivity index is 1.76. The van der Waals surface area contributed by atoms with E-state index in [0.717, 1.165) is 35.4 Å². The SMILES string of the molecule is CCCn1ncnc1[C@@H](C)NC(=O)Cc1c(C)[nH]c2c(F)cccc12. The van der Waals surface area contributed by atoms with Crippen LogP contribution in [0.1, 0.15) is 43.4 Å². The first-order valence-corrected chi connectivity index (χ1v) is 8.44. The maximum atomic E-state index is 13.9. The van der Waals surface area contributed by atoms with Crippen molar-refractivity contribution >= 4 is 16.8 Å². The third kappa shape index (κ3) is 3.40. The Morgan fingerprint density at radius 2 is 2.24 bits per heavy atom. The Morgan fingerprint density at radius 1 is 1.44 bits per heavy atom. The number of fused-ring (bicyclic) bond motifs is 1. The van der Waals surface area contributed by atoms with E-state index < -0.39 is 0 Å². The van der Waals surface area contributed by atoms with Gasteiger partial charge in [0.15, 0.2) is 0 Å². The Hall–Kier alpha value is -2.70. The van der Waals surface area contributed by atoms with E-state index in [0.29, 0.717) is 5.52 Å². The van der Waals surface area contributed by atoms with Gasteiger partial charge < -0.3 is 10.3 Å². The van der Waals surface area contributed by atoms with Crippen LogP contribution >= 0.6 is 0 Å². The topological polar surface area (TPSA) is 75.6 Å². The second-order valence-corrected chi connectivity index (χ2v) is 6.20. The van der Waals surface area contributed by atoms with Gasteiger partial charge in [-0.25, -0.2) is 14.1 Å². The van der Waals surface area contributed by atoms with Crippen molar-refractivity contribution in [3.05, 3.63) is 47.4 Å². The molecule has 2 heterocycles. The van der Waals surface area contributed by atoms with Crippen molar-refractivity contribution in [2.45, 2.75) is 46.2 Å². The lowest BCUT2D eigenvalue weighted by atomic mass is 10.1. The molecule has 0 radical (unpaired) electrons. The summed E-state index contributed by atoms with van der Waals surface area (Å²) in [6.07, 6.45) is 2.62. The number of amides is 1. The molecule has 0 aliphatic heterocycles. The van der Waals surface area contributed by atoms with Crippen LogP contribution in [0.25, 0.3) is 10.9 Å². The van der Waals surface area contributed by atoms with Crippen LogP contribution < -0.4 is 5.32 Å². The molecular formula is C18H22FN5O. The molecule has 3 rings (SSSR count). The monoisotopic (exact) mass is 343 g/mol. The molecule has 0 aliphatic rings. The van der Waals surface area contributed by atoms with Crippen molar-refractivity contribution in [1.29, 1.82) is 0 Å². The second kappa shape index (κ2) is 7.04. The van der Waals surface area contributed by atoms with Crippen molar-refractivity contribution in [2.24, 2.45) is 0 Å². The maximum absolute atomic E-state index is 13.9. The van der Waals surface area contributed by atoms with Crippen LogP contribution in [0.5, 0.6) is 0 Å². The van der Waals surface area contributed by atoms with E-state index in [-0.39, 0.29) is 24.2 Å². The molecule has 0 unspecified atom stereocenters. The summed E-state index contributed by atoms with van der Waals surface area (Å²) in [6, 6.07) is 4.64. The predicted octanol–water partition coefficient (Wildman–Crippen LogP) is 3.04. The average molecular weight is 343 g/mol. The quantitative estimate of drug-likeness (QED) is 0.722. The first kappa shape index (κ1) is 17.1. The van der Waals surface area contributed by atoms with Crippen LogP contribution in [0.3, 0.4) is 0 Å². The number of nitrogens with zero attached hydrogens (tertiary/aromatic N) is 3. The van der Waals surface area contributed by atoms with Crippen LogP contribution in [-0.2, 0) is 17.8 Å². The highest BCUT2D eigenvalue weighted by molar-refractivity contribution is 5.90. The molecular weight excluding hydrogens is 321 g/mol. The van der Waals surface area contributed by atoms with Gasteiger partial charge >= 0.3 is 0 Å². The number of aromatic nitrogens is 4. The molecule has 2 aromatic heterocycles. The Bertz CT molecular complexity index is 898. The number of carbonyl (C=O) groups is 1. The van der Waals surface area contributed by atoms with Crippen molar-refractivity contribution in [3.8, 4) is 0 Å². The predicted molar refractivity (Wildman–Crippen MR) is 93.6 cm³/mol. The van der Waals surface area contributed by atoms with Crippen LogP contribution in [-0.4, -0.2) is 25.7 Å². The van der Waals surface area contributed by atoms with Gasteiger partial charge in [0.2, 0.25) is 5.91 Å². The summed E-state index contributed by atoms with van der Waals surface area (Å²) in [5.74, 6) is 0.289. The minimum atomic E-state index is -0.312. The van der Waals surface area contributed by atoms with Gasteiger partial charge in [-0.2, -0.15) is 5.10 Å². The zero-order valence-electron chi connectivity index (χ0n) is 14.6. The molecule has 1 atom stereocenters. The molecule has 1 amide bonds. The third-order valence-electron chi connectivity index (χ3n) is 4.29.